The Morgan fingerprint density at radius 3 is 2.17 bits per heavy atom. The van der Waals surface area contributed by atoms with Gasteiger partial charge in [0.2, 0.25) is 0 Å². The largest absolute Gasteiger partial charge is 0.323 e. The number of non-ortho nitro benzene ring substituents is 1. The molecule has 0 spiro atoms. The molecular weight excluding hydrogens is 316 g/mol. The quantitative estimate of drug-likeness (QED) is 0.452. The van der Waals surface area contributed by atoms with Crippen molar-refractivity contribution in [2.24, 2.45) is 0 Å². The minimum atomic E-state index is -0.589. The Balaban J connectivity index is 1.69. The van der Waals surface area contributed by atoms with Crippen LogP contribution in [0.5, 0.6) is 0 Å². The van der Waals surface area contributed by atoms with Crippen molar-refractivity contribution < 1.29 is 19.3 Å². The SMILES string of the molecule is O=C(Nc1ccc([N+](=O)[O-])cc1)Nc1ccc2c(c1)C(=O)NC2=O. The van der Waals surface area contributed by atoms with E-state index in [-0.39, 0.29) is 16.8 Å². The van der Waals surface area contributed by atoms with Crippen molar-refractivity contribution in [1.29, 1.82) is 0 Å². The van der Waals surface area contributed by atoms with Crippen molar-refractivity contribution in [2.75, 3.05) is 10.6 Å². The molecule has 1 aliphatic rings. The summed E-state index contributed by atoms with van der Waals surface area (Å²) in [6.45, 7) is 0. The fourth-order valence-corrected chi connectivity index (χ4v) is 2.21. The van der Waals surface area contributed by atoms with Crippen molar-refractivity contribution in [3.8, 4) is 0 Å². The number of carbonyl (C=O) groups is 3. The molecule has 24 heavy (non-hydrogen) atoms. The van der Waals surface area contributed by atoms with E-state index in [1.807, 2.05) is 0 Å². The summed E-state index contributed by atoms with van der Waals surface area (Å²) in [7, 11) is 0. The van der Waals surface area contributed by atoms with Crippen molar-refractivity contribution >= 4 is 34.9 Å². The third-order valence-electron chi connectivity index (χ3n) is 3.33. The van der Waals surface area contributed by atoms with Gasteiger partial charge in [-0.2, -0.15) is 0 Å². The molecule has 9 heteroatoms. The van der Waals surface area contributed by atoms with Crippen LogP contribution < -0.4 is 16.0 Å². The van der Waals surface area contributed by atoms with E-state index >= 15 is 0 Å². The van der Waals surface area contributed by atoms with Crippen molar-refractivity contribution in [2.45, 2.75) is 0 Å². The molecule has 0 aliphatic carbocycles. The van der Waals surface area contributed by atoms with E-state index in [0.29, 0.717) is 11.4 Å². The number of nitro benzene ring substituents is 1. The van der Waals surface area contributed by atoms with Crippen molar-refractivity contribution in [1.82, 2.24) is 5.32 Å². The minimum Gasteiger partial charge on any atom is -0.308 e. The Kier molecular flexibility index (Phi) is 3.66. The van der Waals surface area contributed by atoms with Crippen LogP contribution in [0, 0.1) is 10.1 Å². The third kappa shape index (κ3) is 2.90. The first-order chi connectivity index (χ1) is 11.4. The summed E-state index contributed by atoms with van der Waals surface area (Å²) in [4.78, 5) is 45.0. The molecule has 0 unspecified atom stereocenters. The molecule has 2 aromatic carbocycles. The number of urea groups is 1. The third-order valence-corrected chi connectivity index (χ3v) is 3.33. The van der Waals surface area contributed by atoms with Gasteiger partial charge in [0.15, 0.2) is 0 Å². The zero-order valence-corrected chi connectivity index (χ0v) is 12.0. The van der Waals surface area contributed by atoms with Gasteiger partial charge in [-0.1, -0.05) is 0 Å². The molecule has 0 saturated heterocycles. The monoisotopic (exact) mass is 326 g/mol. The summed E-state index contributed by atoms with van der Waals surface area (Å²) in [5, 5.41) is 17.7. The summed E-state index contributed by atoms with van der Waals surface area (Å²) < 4.78 is 0. The van der Waals surface area contributed by atoms with Crippen LogP contribution in [0.2, 0.25) is 0 Å². The normalized spacial score (nSPS) is 12.3. The molecule has 4 amide bonds. The van der Waals surface area contributed by atoms with Crippen LogP contribution in [0.3, 0.4) is 0 Å². The maximum atomic E-state index is 11.9. The summed E-state index contributed by atoms with van der Waals surface area (Å²) in [6, 6.07) is 9.06. The van der Waals surface area contributed by atoms with E-state index in [1.165, 1.54) is 42.5 Å². The smallest absolute Gasteiger partial charge is 0.308 e. The number of benzene rings is 2. The highest BCUT2D eigenvalue weighted by Gasteiger charge is 2.26. The lowest BCUT2D eigenvalue weighted by molar-refractivity contribution is -0.384. The Hall–Kier alpha value is -3.75. The molecule has 0 fully saturated rings. The van der Waals surface area contributed by atoms with E-state index in [1.54, 1.807) is 0 Å². The molecule has 120 valence electrons. The van der Waals surface area contributed by atoms with Crippen LogP contribution in [0.25, 0.3) is 0 Å². The molecule has 1 aliphatic heterocycles. The second-order valence-corrected chi connectivity index (χ2v) is 4.93. The Bertz CT molecular complexity index is 876. The highest BCUT2D eigenvalue weighted by atomic mass is 16.6. The highest BCUT2D eigenvalue weighted by Crippen LogP contribution is 2.21. The van der Waals surface area contributed by atoms with Crippen LogP contribution in [0.4, 0.5) is 21.9 Å². The molecule has 0 atom stereocenters. The average molecular weight is 326 g/mol. The fourth-order valence-electron chi connectivity index (χ4n) is 2.21. The minimum absolute atomic E-state index is 0.0877. The van der Waals surface area contributed by atoms with Crippen LogP contribution in [0.1, 0.15) is 20.7 Å². The first-order valence-corrected chi connectivity index (χ1v) is 6.76. The van der Waals surface area contributed by atoms with Crippen LogP contribution in [-0.4, -0.2) is 22.8 Å². The van der Waals surface area contributed by atoms with Crippen LogP contribution in [0.15, 0.2) is 42.5 Å². The fraction of sp³-hybridized carbons (Fsp3) is 0. The molecular formula is C15H10N4O5. The first-order valence-electron chi connectivity index (χ1n) is 6.76. The van der Waals surface area contributed by atoms with E-state index in [0.717, 1.165) is 0 Å². The van der Waals surface area contributed by atoms with E-state index in [4.69, 9.17) is 0 Å². The topological polar surface area (TPSA) is 130 Å². The van der Waals surface area contributed by atoms with Gasteiger partial charge in [0.1, 0.15) is 0 Å². The van der Waals surface area contributed by atoms with Gasteiger partial charge in [-0.25, -0.2) is 4.79 Å². The van der Waals surface area contributed by atoms with Gasteiger partial charge in [-0.05, 0) is 30.3 Å². The number of amides is 4. The van der Waals surface area contributed by atoms with Gasteiger partial charge in [-0.3, -0.25) is 25.0 Å². The predicted octanol–water partition coefficient (Wildman–Crippen LogP) is 2.12. The zero-order valence-electron chi connectivity index (χ0n) is 12.0. The average Bonchev–Trinajstić information content (AvgIpc) is 2.82. The molecule has 3 N–H and O–H groups in total. The summed E-state index contributed by atoms with van der Waals surface area (Å²) in [5.74, 6) is -0.994. The van der Waals surface area contributed by atoms with Gasteiger partial charge >= 0.3 is 6.03 Å². The Morgan fingerprint density at radius 1 is 0.917 bits per heavy atom. The first kappa shape index (κ1) is 15.2. The maximum absolute atomic E-state index is 11.9. The number of anilines is 2. The molecule has 0 saturated carbocycles. The predicted molar refractivity (Wildman–Crippen MR) is 84.0 cm³/mol. The standard InChI is InChI=1S/C15H10N4O5/c20-13-11-6-3-9(7-12(11)14(21)18-13)17-15(22)16-8-1-4-10(5-2-8)19(23)24/h1-7H,(H2,16,17,22)(H,18,20,21). The highest BCUT2D eigenvalue weighted by molar-refractivity contribution is 6.22. The number of fused-ring (bicyclic) bond motifs is 1. The van der Waals surface area contributed by atoms with Crippen LogP contribution >= 0.6 is 0 Å². The van der Waals surface area contributed by atoms with Gasteiger partial charge in [0.05, 0.1) is 16.1 Å². The summed E-state index contributed by atoms with van der Waals surface area (Å²) in [5.41, 5.74) is 1.05. The molecule has 0 aromatic heterocycles. The summed E-state index contributed by atoms with van der Waals surface area (Å²) in [6.07, 6.45) is 0. The van der Waals surface area contributed by atoms with Crippen LogP contribution in [-0.2, 0) is 0 Å². The zero-order chi connectivity index (χ0) is 17.3. The Labute approximate surface area is 134 Å². The second-order valence-electron chi connectivity index (χ2n) is 4.93. The lowest BCUT2D eigenvalue weighted by Gasteiger charge is -2.08. The number of nitrogens with one attached hydrogen (secondary N) is 3. The van der Waals surface area contributed by atoms with E-state index in [2.05, 4.69) is 16.0 Å². The molecule has 1 heterocycles. The van der Waals surface area contributed by atoms with Gasteiger partial charge in [-0.15, -0.1) is 0 Å². The Morgan fingerprint density at radius 2 is 1.50 bits per heavy atom. The molecule has 3 rings (SSSR count). The molecule has 2 aromatic rings. The number of imide groups is 1. The molecule has 0 radical (unpaired) electrons. The number of nitrogens with zero attached hydrogens (tertiary/aromatic N) is 1. The number of hydrogen-bond donors (Lipinski definition) is 3. The van der Waals surface area contributed by atoms with Gasteiger partial charge < -0.3 is 10.6 Å². The summed E-state index contributed by atoms with van der Waals surface area (Å²) >= 11 is 0. The lowest BCUT2D eigenvalue weighted by Crippen LogP contribution is -2.20. The molecule has 0 bridgehead atoms. The lowest BCUT2D eigenvalue weighted by atomic mass is 10.1. The van der Waals surface area contributed by atoms with Crippen molar-refractivity contribution in [3.05, 3.63) is 63.7 Å². The second kappa shape index (κ2) is 5.80. The maximum Gasteiger partial charge on any atom is 0.323 e. The van der Waals surface area contributed by atoms with Crippen molar-refractivity contribution in [3.63, 3.8) is 0 Å². The molecule has 9 nitrogen and oxygen atoms in total. The van der Waals surface area contributed by atoms with Gasteiger partial charge in [0.25, 0.3) is 17.5 Å². The number of nitro groups is 1. The number of rotatable bonds is 3. The number of hydrogen-bond acceptors (Lipinski definition) is 5. The van der Waals surface area contributed by atoms with E-state index < -0.39 is 22.8 Å². The van der Waals surface area contributed by atoms with E-state index in [9.17, 15) is 24.5 Å². The number of carbonyl (C=O) groups excluding carboxylic acids is 3. The van der Waals surface area contributed by atoms with Gasteiger partial charge in [0, 0.05) is 23.5 Å².